The minimum atomic E-state index is -0.891. The molecule has 192 valence electrons. The molecule has 1 heterocycles. The lowest BCUT2D eigenvalue weighted by Gasteiger charge is -2.39. The Labute approximate surface area is 212 Å². The number of nitrogens with zero attached hydrogens (tertiary/aromatic N) is 2. The minimum absolute atomic E-state index is 0.00457. The number of carboxylic acid groups (broad SMARTS) is 1. The molecule has 1 fully saturated rings. The van der Waals surface area contributed by atoms with Crippen LogP contribution >= 0.6 is 0 Å². The third-order valence-electron chi connectivity index (χ3n) is 6.09. The highest BCUT2D eigenvalue weighted by Crippen LogP contribution is 2.23. The van der Waals surface area contributed by atoms with Crippen LogP contribution in [0.1, 0.15) is 44.2 Å². The second-order valence-electron chi connectivity index (χ2n) is 9.27. The van der Waals surface area contributed by atoms with Gasteiger partial charge in [0.25, 0.3) is 0 Å². The Hall–Kier alpha value is -3.65. The summed E-state index contributed by atoms with van der Waals surface area (Å²) in [5.74, 6) is -0.641. The van der Waals surface area contributed by atoms with Crippen molar-refractivity contribution in [1.82, 2.24) is 15.1 Å². The molecule has 1 aliphatic heterocycles. The van der Waals surface area contributed by atoms with Gasteiger partial charge < -0.3 is 20.1 Å². The van der Waals surface area contributed by atoms with Crippen LogP contribution < -0.4 is 5.32 Å². The van der Waals surface area contributed by atoms with Crippen molar-refractivity contribution in [3.63, 3.8) is 0 Å². The van der Waals surface area contributed by atoms with E-state index >= 15 is 0 Å². The van der Waals surface area contributed by atoms with E-state index in [0.29, 0.717) is 25.3 Å². The number of piperazine rings is 1. The van der Waals surface area contributed by atoms with Crippen LogP contribution in [0.3, 0.4) is 0 Å². The molecule has 2 aromatic rings. The Kier molecular flexibility index (Phi) is 9.64. The van der Waals surface area contributed by atoms with Gasteiger partial charge in [-0.25, -0.2) is 4.79 Å². The first-order valence-electron chi connectivity index (χ1n) is 12.2. The molecule has 1 aliphatic rings. The van der Waals surface area contributed by atoms with Crippen molar-refractivity contribution < 1.29 is 24.2 Å². The van der Waals surface area contributed by atoms with E-state index in [4.69, 9.17) is 9.84 Å². The number of carbonyl (C=O) groups is 3. The second kappa shape index (κ2) is 12.9. The van der Waals surface area contributed by atoms with Crippen LogP contribution in [0.4, 0.5) is 4.79 Å². The summed E-state index contributed by atoms with van der Waals surface area (Å²) in [5, 5.41) is 11.6. The maximum atomic E-state index is 12.2. The lowest BCUT2D eigenvalue weighted by Crippen LogP contribution is -2.53. The first-order chi connectivity index (χ1) is 17.2. The molecule has 8 heteroatoms. The largest absolute Gasteiger partial charge is 0.481 e. The molecule has 1 atom stereocenters. The number of aliphatic carboxylic acids is 1. The standard InChI is InChI=1S/C28H35N3O5/c1-20(2)36-28(35)31-14-13-30(18-21(31)3)19-23-8-5-10-25(16-23)24-9-4-7-22(15-24)17-29-26(32)11-6-12-27(33)34/h4-5,7-10,15-16,21H,1,6,11-14,17-19H2,2-3H3,(H,29,32)(H,33,34)/t21-/m0/s1. The van der Waals surface area contributed by atoms with Crippen LogP contribution in [-0.4, -0.2) is 58.6 Å². The first-order valence-corrected chi connectivity index (χ1v) is 12.2. The summed E-state index contributed by atoms with van der Waals surface area (Å²) in [4.78, 5) is 38.9. The number of hydrogen-bond donors (Lipinski definition) is 2. The van der Waals surface area contributed by atoms with Crippen LogP contribution in [-0.2, 0) is 27.4 Å². The Bertz CT molecular complexity index is 1100. The molecule has 0 saturated carbocycles. The number of allylic oxidation sites excluding steroid dienone is 1. The number of carbonyl (C=O) groups excluding carboxylic acids is 2. The second-order valence-corrected chi connectivity index (χ2v) is 9.27. The van der Waals surface area contributed by atoms with Crippen LogP contribution in [0.25, 0.3) is 11.1 Å². The SMILES string of the molecule is C=C(C)OC(=O)N1CCN(Cc2cccc(-c3cccc(CNC(=O)CCCC(=O)O)c3)c2)C[C@@H]1C. The summed E-state index contributed by atoms with van der Waals surface area (Å²) in [6.07, 6.45) is 0.194. The number of benzene rings is 2. The molecule has 2 aromatic carbocycles. The average molecular weight is 494 g/mol. The van der Waals surface area contributed by atoms with Crippen LogP contribution in [0.5, 0.6) is 0 Å². The summed E-state index contributed by atoms with van der Waals surface area (Å²) in [6, 6.07) is 16.5. The highest BCUT2D eigenvalue weighted by atomic mass is 16.6. The number of ether oxygens (including phenoxy) is 1. The van der Waals surface area contributed by atoms with Gasteiger partial charge in [0.2, 0.25) is 5.91 Å². The smallest absolute Gasteiger partial charge is 0.415 e. The van der Waals surface area contributed by atoms with Gasteiger partial charge in [-0.05, 0) is 54.7 Å². The van der Waals surface area contributed by atoms with Crippen molar-refractivity contribution in [2.24, 2.45) is 0 Å². The van der Waals surface area contributed by atoms with Gasteiger partial charge in [-0.3, -0.25) is 14.5 Å². The fourth-order valence-corrected chi connectivity index (χ4v) is 4.31. The highest BCUT2D eigenvalue weighted by molar-refractivity contribution is 5.76. The fourth-order valence-electron chi connectivity index (χ4n) is 4.31. The number of hydrogen-bond acceptors (Lipinski definition) is 5. The van der Waals surface area contributed by atoms with Crippen molar-refractivity contribution in [2.75, 3.05) is 19.6 Å². The molecule has 36 heavy (non-hydrogen) atoms. The first kappa shape index (κ1) is 26.9. The van der Waals surface area contributed by atoms with Gasteiger partial charge in [-0.1, -0.05) is 43.0 Å². The highest BCUT2D eigenvalue weighted by Gasteiger charge is 2.28. The van der Waals surface area contributed by atoms with E-state index in [1.54, 1.807) is 11.8 Å². The van der Waals surface area contributed by atoms with Crippen molar-refractivity contribution in [3.8, 4) is 11.1 Å². The number of amides is 2. The molecule has 2 amide bonds. The lowest BCUT2D eigenvalue weighted by atomic mass is 10.0. The monoisotopic (exact) mass is 493 g/mol. The quantitative estimate of drug-likeness (QED) is 0.476. The Morgan fingerprint density at radius 2 is 1.72 bits per heavy atom. The van der Waals surface area contributed by atoms with E-state index in [9.17, 15) is 14.4 Å². The molecular formula is C28H35N3O5. The van der Waals surface area contributed by atoms with Gasteiger partial charge in [0, 0.05) is 51.6 Å². The van der Waals surface area contributed by atoms with Gasteiger partial charge >= 0.3 is 12.1 Å². The van der Waals surface area contributed by atoms with E-state index in [-0.39, 0.29) is 30.9 Å². The normalized spacial score (nSPS) is 15.8. The zero-order chi connectivity index (χ0) is 26.1. The van der Waals surface area contributed by atoms with Crippen molar-refractivity contribution in [3.05, 3.63) is 72.0 Å². The van der Waals surface area contributed by atoms with E-state index in [2.05, 4.69) is 41.1 Å². The number of nitrogens with one attached hydrogen (secondary N) is 1. The van der Waals surface area contributed by atoms with Crippen molar-refractivity contribution in [2.45, 2.75) is 52.2 Å². The summed E-state index contributed by atoms with van der Waals surface area (Å²) < 4.78 is 5.17. The van der Waals surface area contributed by atoms with Crippen molar-refractivity contribution in [1.29, 1.82) is 0 Å². The lowest BCUT2D eigenvalue weighted by molar-refractivity contribution is -0.137. The Balaban J connectivity index is 1.56. The molecule has 3 rings (SSSR count). The molecule has 1 saturated heterocycles. The topological polar surface area (TPSA) is 99.2 Å². The Morgan fingerprint density at radius 3 is 2.36 bits per heavy atom. The summed E-state index contributed by atoms with van der Waals surface area (Å²) in [6.45, 7) is 10.7. The van der Waals surface area contributed by atoms with Crippen LogP contribution in [0.2, 0.25) is 0 Å². The van der Waals surface area contributed by atoms with Crippen molar-refractivity contribution >= 4 is 18.0 Å². The van der Waals surface area contributed by atoms with E-state index in [1.165, 1.54) is 5.56 Å². The van der Waals surface area contributed by atoms with E-state index in [1.807, 2.05) is 31.2 Å². The van der Waals surface area contributed by atoms with E-state index < -0.39 is 5.97 Å². The zero-order valence-corrected chi connectivity index (χ0v) is 21.0. The van der Waals surface area contributed by atoms with Crippen LogP contribution in [0, 0.1) is 0 Å². The number of rotatable bonds is 10. The van der Waals surface area contributed by atoms with Crippen LogP contribution in [0.15, 0.2) is 60.9 Å². The zero-order valence-electron chi connectivity index (χ0n) is 21.0. The van der Waals surface area contributed by atoms with Gasteiger partial charge in [0.05, 0.1) is 5.76 Å². The number of carboxylic acids is 1. The third-order valence-corrected chi connectivity index (χ3v) is 6.09. The maximum absolute atomic E-state index is 12.2. The summed E-state index contributed by atoms with van der Waals surface area (Å²) >= 11 is 0. The molecule has 8 nitrogen and oxygen atoms in total. The summed E-state index contributed by atoms with van der Waals surface area (Å²) in [7, 11) is 0. The molecule has 2 N–H and O–H groups in total. The fraction of sp³-hybridized carbons (Fsp3) is 0.393. The molecular weight excluding hydrogens is 458 g/mol. The average Bonchev–Trinajstić information content (AvgIpc) is 2.82. The summed E-state index contributed by atoms with van der Waals surface area (Å²) in [5.41, 5.74) is 4.33. The predicted octanol–water partition coefficient (Wildman–Crippen LogP) is 4.40. The molecule has 0 aromatic heterocycles. The minimum Gasteiger partial charge on any atom is -0.481 e. The van der Waals surface area contributed by atoms with Gasteiger partial charge in [0.15, 0.2) is 0 Å². The maximum Gasteiger partial charge on any atom is 0.415 e. The third kappa shape index (κ3) is 8.23. The molecule has 0 aliphatic carbocycles. The predicted molar refractivity (Wildman–Crippen MR) is 138 cm³/mol. The Morgan fingerprint density at radius 1 is 1.06 bits per heavy atom. The molecule has 0 unspecified atom stereocenters. The van der Waals surface area contributed by atoms with Gasteiger partial charge in [-0.15, -0.1) is 0 Å². The molecule has 0 bridgehead atoms. The van der Waals surface area contributed by atoms with Gasteiger partial charge in [0.1, 0.15) is 0 Å². The molecule has 0 spiro atoms. The van der Waals surface area contributed by atoms with Gasteiger partial charge in [-0.2, -0.15) is 0 Å². The molecule has 0 radical (unpaired) electrons. The van der Waals surface area contributed by atoms with E-state index in [0.717, 1.165) is 36.3 Å².